The molecule has 112 valence electrons. The van der Waals surface area contributed by atoms with Gasteiger partial charge in [-0.25, -0.2) is 14.6 Å². The zero-order valence-electron chi connectivity index (χ0n) is 12.1. The van der Waals surface area contributed by atoms with Crippen LogP contribution in [-0.4, -0.2) is 31.5 Å². The Morgan fingerprint density at radius 2 is 2.18 bits per heavy atom. The summed E-state index contributed by atoms with van der Waals surface area (Å²) in [6.45, 7) is 0.478. The van der Waals surface area contributed by atoms with Gasteiger partial charge in [0.05, 0.1) is 30.8 Å². The van der Waals surface area contributed by atoms with E-state index in [1.54, 1.807) is 17.2 Å². The fraction of sp³-hybridized carbons (Fsp3) is 0.312. The van der Waals surface area contributed by atoms with Crippen molar-refractivity contribution in [1.29, 1.82) is 0 Å². The third kappa shape index (κ3) is 2.12. The van der Waals surface area contributed by atoms with E-state index in [0.29, 0.717) is 6.54 Å². The van der Waals surface area contributed by atoms with Crippen LogP contribution in [0.3, 0.4) is 0 Å². The van der Waals surface area contributed by atoms with E-state index in [1.165, 1.54) is 11.1 Å². The van der Waals surface area contributed by atoms with Gasteiger partial charge >= 0.3 is 0 Å². The number of aromatic nitrogens is 4. The number of aliphatic hydroxyl groups excluding tert-OH is 1. The van der Waals surface area contributed by atoms with Gasteiger partial charge in [0.15, 0.2) is 5.65 Å². The minimum atomic E-state index is 0.0412. The summed E-state index contributed by atoms with van der Waals surface area (Å²) in [5.74, 6) is 0.802. The zero-order valence-corrected chi connectivity index (χ0v) is 12.1. The Hall–Kier alpha value is -2.47. The average Bonchev–Trinajstić information content (AvgIpc) is 3.14. The molecule has 6 nitrogen and oxygen atoms in total. The Labute approximate surface area is 127 Å². The lowest BCUT2D eigenvalue weighted by Crippen LogP contribution is -2.09. The molecule has 0 spiro atoms. The fourth-order valence-electron chi connectivity index (χ4n) is 3.14. The number of hydrogen-bond acceptors (Lipinski definition) is 5. The zero-order chi connectivity index (χ0) is 14.9. The van der Waals surface area contributed by atoms with Crippen molar-refractivity contribution in [1.82, 2.24) is 19.7 Å². The van der Waals surface area contributed by atoms with Crippen molar-refractivity contribution in [3.8, 4) is 0 Å². The molecule has 0 bridgehead atoms. The van der Waals surface area contributed by atoms with E-state index in [1.807, 2.05) is 0 Å². The van der Waals surface area contributed by atoms with Crippen LogP contribution in [-0.2, 0) is 13.0 Å². The number of fused-ring (bicyclic) bond motifs is 2. The average molecular weight is 295 g/mol. The summed E-state index contributed by atoms with van der Waals surface area (Å²) < 4.78 is 1.70. The van der Waals surface area contributed by atoms with Gasteiger partial charge in [0.2, 0.25) is 0 Å². The van der Waals surface area contributed by atoms with E-state index < -0.39 is 0 Å². The maximum Gasteiger partial charge on any atom is 0.163 e. The van der Waals surface area contributed by atoms with E-state index in [0.717, 1.165) is 29.7 Å². The van der Waals surface area contributed by atoms with E-state index in [9.17, 15) is 0 Å². The summed E-state index contributed by atoms with van der Waals surface area (Å²) >= 11 is 0. The first-order valence-electron chi connectivity index (χ1n) is 7.48. The van der Waals surface area contributed by atoms with Crippen LogP contribution in [0.5, 0.6) is 0 Å². The Bertz CT molecular complexity index is 813. The van der Waals surface area contributed by atoms with Crippen LogP contribution in [0.15, 0.2) is 36.8 Å². The molecule has 0 fully saturated rings. The third-order valence-electron chi connectivity index (χ3n) is 4.19. The normalized spacial score (nSPS) is 16.9. The third-order valence-corrected chi connectivity index (χ3v) is 4.19. The van der Waals surface area contributed by atoms with Gasteiger partial charge in [-0.15, -0.1) is 0 Å². The van der Waals surface area contributed by atoms with Crippen molar-refractivity contribution in [2.45, 2.75) is 25.4 Å². The van der Waals surface area contributed by atoms with Crippen LogP contribution in [0.2, 0.25) is 0 Å². The minimum Gasteiger partial charge on any atom is -0.394 e. The van der Waals surface area contributed by atoms with E-state index >= 15 is 0 Å². The Morgan fingerprint density at radius 3 is 3.09 bits per heavy atom. The van der Waals surface area contributed by atoms with Crippen LogP contribution < -0.4 is 5.32 Å². The summed E-state index contributed by atoms with van der Waals surface area (Å²) in [5, 5.41) is 17.8. The van der Waals surface area contributed by atoms with Gasteiger partial charge in [0.1, 0.15) is 12.1 Å². The van der Waals surface area contributed by atoms with Crippen LogP contribution in [0.4, 0.5) is 5.82 Å². The topological polar surface area (TPSA) is 75.9 Å². The molecule has 2 aromatic heterocycles. The van der Waals surface area contributed by atoms with Crippen LogP contribution in [0.1, 0.15) is 23.6 Å². The molecule has 4 rings (SSSR count). The molecular formula is C16H17N5O. The number of nitrogens with one attached hydrogen (secondary N) is 1. The predicted octanol–water partition coefficient (Wildman–Crippen LogP) is 1.92. The van der Waals surface area contributed by atoms with Crippen molar-refractivity contribution in [3.05, 3.63) is 47.9 Å². The number of hydrogen-bond donors (Lipinski definition) is 2. The first-order chi connectivity index (χ1) is 10.9. The molecule has 0 unspecified atom stereocenters. The number of aliphatic hydroxyl groups is 1. The first-order valence-corrected chi connectivity index (χ1v) is 7.48. The molecule has 1 atom stereocenters. The highest BCUT2D eigenvalue weighted by molar-refractivity contribution is 5.86. The summed E-state index contributed by atoms with van der Waals surface area (Å²) in [4.78, 5) is 8.66. The van der Waals surface area contributed by atoms with Crippen molar-refractivity contribution in [2.75, 3.05) is 11.9 Å². The minimum absolute atomic E-state index is 0.0412. The molecule has 0 amide bonds. The summed E-state index contributed by atoms with van der Waals surface area (Å²) in [7, 11) is 0. The van der Waals surface area contributed by atoms with Gasteiger partial charge in [-0.05, 0) is 24.0 Å². The second-order valence-corrected chi connectivity index (χ2v) is 5.49. The lowest BCUT2D eigenvalue weighted by Gasteiger charge is -2.15. The first kappa shape index (κ1) is 13.2. The van der Waals surface area contributed by atoms with Gasteiger partial charge in [-0.1, -0.05) is 24.3 Å². The molecule has 2 N–H and O–H groups in total. The fourth-order valence-corrected chi connectivity index (χ4v) is 3.14. The SMILES string of the molecule is OCCn1ncc2c(N[C@@H]3CCc4ccccc43)ncnc21. The second-order valence-electron chi connectivity index (χ2n) is 5.49. The molecular weight excluding hydrogens is 278 g/mol. The maximum atomic E-state index is 9.09. The Balaban J connectivity index is 1.68. The molecule has 6 heteroatoms. The quantitative estimate of drug-likeness (QED) is 0.769. The number of nitrogens with zero attached hydrogens (tertiary/aromatic N) is 4. The Kier molecular flexibility index (Phi) is 3.23. The molecule has 1 aromatic carbocycles. The van der Waals surface area contributed by atoms with Crippen molar-refractivity contribution >= 4 is 16.9 Å². The molecule has 0 radical (unpaired) electrons. The predicted molar refractivity (Wildman–Crippen MR) is 83.5 cm³/mol. The molecule has 0 saturated heterocycles. The molecule has 1 aliphatic carbocycles. The number of rotatable bonds is 4. The Morgan fingerprint density at radius 1 is 1.27 bits per heavy atom. The largest absolute Gasteiger partial charge is 0.394 e. The molecule has 0 saturated carbocycles. The van der Waals surface area contributed by atoms with Gasteiger partial charge in [-0.3, -0.25) is 0 Å². The molecule has 0 aliphatic heterocycles. The lowest BCUT2D eigenvalue weighted by atomic mass is 10.1. The molecule has 22 heavy (non-hydrogen) atoms. The second kappa shape index (κ2) is 5.38. The highest BCUT2D eigenvalue weighted by Crippen LogP contribution is 2.34. The highest BCUT2D eigenvalue weighted by atomic mass is 16.3. The van der Waals surface area contributed by atoms with Crippen LogP contribution in [0.25, 0.3) is 11.0 Å². The van der Waals surface area contributed by atoms with Gasteiger partial charge < -0.3 is 10.4 Å². The summed E-state index contributed by atoms with van der Waals surface area (Å²) in [5.41, 5.74) is 3.50. The number of benzene rings is 1. The highest BCUT2D eigenvalue weighted by Gasteiger charge is 2.23. The number of anilines is 1. The van der Waals surface area contributed by atoms with E-state index in [2.05, 4.69) is 44.6 Å². The van der Waals surface area contributed by atoms with E-state index in [-0.39, 0.29) is 12.6 Å². The van der Waals surface area contributed by atoms with Gasteiger partial charge in [-0.2, -0.15) is 5.10 Å². The maximum absolute atomic E-state index is 9.09. The van der Waals surface area contributed by atoms with Crippen molar-refractivity contribution in [2.24, 2.45) is 0 Å². The van der Waals surface area contributed by atoms with Crippen LogP contribution >= 0.6 is 0 Å². The number of aryl methyl sites for hydroxylation is 1. The lowest BCUT2D eigenvalue weighted by molar-refractivity contribution is 0.271. The molecule has 2 heterocycles. The van der Waals surface area contributed by atoms with Crippen molar-refractivity contribution < 1.29 is 5.11 Å². The molecule has 1 aliphatic rings. The van der Waals surface area contributed by atoms with Crippen LogP contribution in [0, 0.1) is 0 Å². The summed E-state index contributed by atoms with van der Waals surface area (Å²) in [6.07, 6.45) is 5.46. The van der Waals surface area contributed by atoms with E-state index in [4.69, 9.17) is 5.11 Å². The smallest absolute Gasteiger partial charge is 0.163 e. The molecule has 3 aromatic rings. The van der Waals surface area contributed by atoms with Gasteiger partial charge in [0.25, 0.3) is 0 Å². The standard InChI is InChI=1S/C16H17N5O/c22-8-7-21-16-13(9-19-21)15(17-10-18-16)20-14-6-5-11-3-1-2-4-12(11)14/h1-4,9-10,14,22H,5-8H2,(H,17,18,20)/t14-/m1/s1. The van der Waals surface area contributed by atoms with Crippen molar-refractivity contribution in [3.63, 3.8) is 0 Å². The monoisotopic (exact) mass is 295 g/mol. The van der Waals surface area contributed by atoms with Gasteiger partial charge in [0, 0.05) is 0 Å². The summed E-state index contributed by atoms with van der Waals surface area (Å²) in [6, 6.07) is 8.80.